The second-order valence-corrected chi connectivity index (χ2v) is 8.03. The summed E-state index contributed by atoms with van der Waals surface area (Å²) in [7, 11) is 0. The van der Waals surface area contributed by atoms with Gasteiger partial charge in [-0.25, -0.2) is 0 Å². The zero-order valence-electron chi connectivity index (χ0n) is 17.4. The summed E-state index contributed by atoms with van der Waals surface area (Å²) in [4.78, 5) is 4.75. The summed E-state index contributed by atoms with van der Waals surface area (Å²) < 4.78 is 6.09. The Labute approximate surface area is 180 Å². The Morgan fingerprint density at radius 1 is 0.742 bits per heavy atom. The van der Waals surface area contributed by atoms with E-state index < -0.39 is 0 Å². The highest BCUT2D eigenvalue weighted by atomic mass is 16.5. The van der Waals surface area contributed by atoms with Crippen molar-refractivity contribution in [2.75, 3.05) is 12.3 Å². The van der Waals surface area contributed by atoms with Crippen LogP contribution in [0.5, 0.6) is 5.75 Å². The van der Waals surface area contributed by atoms with Crippen LogP contribution >= 0.6 is 0 Å². The molecule has 3 heteroatoms. The summed E-state index contributed by atoms with van der Waals surface area (Å²) in [5.74, 6) is 0.670. The van der Waals surface area contributed by atoms with Crippen molar-refractivity contribution in [3.63, 3.8) is 0 Å². The quantitative estimate of drug-likeness (QED) is 0.251. The molecule has 0 saturated carbocycles. The van der Waals surface area contributed by atoms with E-state index in [0.29, 0.717) is 18.0 Å². The van der Waals surface area contributed by atoms with Gasteiger partial charge in [0.15, 0.2) is 5.75 Å². The molecule has 0 unspecified atom stereocenters. The van der Waals surface area contributed by atoms with E-state index in [1.807, 2.05) is 6.07 Å². The van der Waals surface area contributed by atoms with E-state index in [0.717, 1.165) is 17.7 Å². The van der Waals surface area contributed by atoms with Gasteiger partial charge in [0.2, 0.25) is 0 Å². The SMILES string of the molecule is CCCOc1c(N)ccnc1-c1ccc2cccc3c4cccc5cccc(c1c23)c54. The monoisotopic (exact) mass is 402 g/mol. The van der Waals surface area contributed by atoms with Crippen LogP contribution in [-0.4, -0.2) is 11.6 Å². The number of hydrogen-bond donors (Lipinski definition) is 1. The molecule has 0 saturated heterocycles. The predicted molar refractivity (Wildman–Crippen MR) is 131 cm³/mol. The van der Waals surface area contributed by atoms with Crippen LogP contribution in [-0.2, 0) is 0 Å². The molecular formula is C28H22N2O. The van der Waals surface area contributed by atoms with Crippen molar-refractivity contribution in [2.24, 2.45) is 0 Å². The summed E-state index contributed by atoms with van der Waals surface area (Å²) in [5.41, 5.74) is 8.81. The van der Waals surface area contributed by atoms with Crippen molar-refractivity contribution >= 4 is 48.8 Å². The van der Waals surface area contributed by atoms with E-state index in [1.165, 1.54) is 43.1 Å². The lowest BCUT2D eigenvalue weighted by molar-refractivity contribution is 0.319. The Balaban J connectivity index is 1.84. The second-order valence-electron chi connectivity index (χ2n) is 8.03. The summed E-state index contributed by atoms with van der Waals surface area (Å²) in [6.45, 7) is 2.70. The van der Waals surface area contributed by atoms with Gasteiger partial charge in [0.05, 0.1) is 12.3 Å². The van der Waals surface area contributed by atoms with Crippen LogP contribution in [0, 0.1) is 0 Å². The number of ether oxygens (including phenoxy) is 1. The summed E-state index contributed by atoms with van der Waals surface area (Å²) in [6, 6.07) is 25.8. The van der Waals surface area contributed by atoms with Crippen molar-refractivity contribution in [1.29, 1.82) is 0 Å². The average Bonchev–Trinajstić information content (AvgIpc) is 2.81. The van der Waals surface area contributed by atoms with E-state index >= 15 is 0 Å². The van der Waals surface area contributed by atoms with Gasteiger partial charge in [-0.05, 0) is 50.2 Å². The highest BCUT2D eigenvalue weighted by molar-refractivity contribution is 6.35. The molecule has 5 aromatic carbocycles. The lowest BCUT2D eigenvalue weighted by atomic mass is 9.87. The fourth-order valence-electron chi connectivity index (χ4n) is 4.87. The third-order valence-corrected chi connectivity index (χ3v) is 6.15. The van der Waals surface area contributed by atoms with Crippen LogP contribution in [0.2, 0.25) is 0 Å². The van der Waals surface area contributed by atoms with E-state index in [2.05, 4.69) is 73.7 Å². The number of rotatable bonds is 4. The van der Waals surface area contributed by atoms with Gasteiger partial charge in [0.25, 0.3) is 0 Å². The molecule has 6 aromatic rings. The van der Waals surface area contributed by atoms with Gasteiger partial charge in [-0.15, -0.1) is 0 Å². The van der Waals surface area contributed by atoms with E-state index in [-0.39, 0.29) is 0 Å². The molecule has 0 atom stereocenters. The Bertz CT molecular complexity index is 1580. The van der Waals surface area contributed by atoms with Crippen LogP contribution in [0.1, 0.15) is 13.3 Å². The van der Waals surface area contributed by atoms with Crippen LogP contribution in [0.4, 0.5) is 5.69 Å². The Kier molecular flexibility index (Phi) is 3.97. The molecule has 31 heavy (non-hydrogen) atoms. The number of hydrogen-bond acceptors (Lipinski definition) is 3. The first-order chi connectivity index (χ1) is 15.3. The van der Waals surface area contributed by atoms with Gasteiger partial charge in [-0.1, -0.05) is 73.7 Å². The maximum Gasteiger partial charge on any atom is 0.168 e. The Morgan fingerprint density at radius 3 is 2.16 bits per heavy atom. The van der Waals surface area contributed by atoms with Gasteiger partial charge >= 0.3 is 0 Å². The van der Waals surface area contributed by atoms with E-state index in [4.69, 9.17) is 15.5 Å². The lowest BCUT2D eigenvalue weighted by Crippen LogP contribution is -2.02. The first-order valence-electron chi connectivity index (χ1n) is 10.7. The van der Waals surface area contributed by atoms with Crippen molar-refractivity contribution in [3.05, 3.63) is 79.0 Å². The zero-order valence-corrected chi connectivity index (χ0v) is 17.4. The number of anilines is 1. The highest BCUT2D eigenvalue weighted by Crippen LogP contribution is 2.45. The van der Waals surface area contributed by atoms with Crippen LogP contribution < -0.4 is 10.5 Å². The second kappa shape index (κ2) is 6.85. The standard InChI is InChI=1S/C28H22N2O/c1-2-16-31-28-23(29)14-15-30-27(28)22-13-12-18-8-4-10-20-19-9-3-6-17-7-5-11-21(24(17)19)26(22)25(18)20/h3-15H,2,16H2,1H3,(H2,29,30). The van der Waals surface area contributed by atoms with Crippen molar-refractivity contribution in [1.82, 2.24) is 4.98 Å². The molecule has 0 spiro atoms. The lowest BCUT2D eigenvalue weighted by Gasteiger charge is -2.19. The number of nitrogens with two attached hydrogens (primary N) is 1. The van der Waals surface area contributed by atoms with Gasteiger partial charge in [0, 0.05) is 17.1 Å². The largest absolute Gasteiger partial charge is 0.489 e. The molecule has 0 amide bonds. The van der Waals surface area contributed by atoms with Gasteiger partial charge in [-0.3, -0.25) is 4.98 Å². The molecule has 1 heterocycles. The molecule has 0 aliphatic carbocycles. The maximum atomic E-state index is 6.34. The summed E-state index contributed by atoms with van der Waals surface area (Å²) in [6.07, 6.45) is 2.68. The third-order valence-electron chi connectivity index (χ3n) is 6.15. The van der Waals surface area contributed by atoms with Gasteiger partial charge in [0.1, 0.15) is 5.69 Å². The predicted octanol–water partition coefficient (Wildman–Crippen LogP) is 7.17. The van der Waals surface area contributed by atoms with Crippen molar-refractivity contribution in [3.8, 4) is 17.0 Å². The van der Waals surface area contributed by atoms with Gasteiger partial charge in [-0.2, -0.15) is 0 Å². The topological polar surface area (TPSA) is 48.1 Å². The van der Waals surface area contributed by atoms with Crippen molar-refractivity contribution in [2.45, 2.75) is 13.3 Å². The van der Waals surface area contributed by atoms with Crippen LogP contribution in [0.3, 0.4) is 0 Å². The average molecular weight is 402 g/mol. The summed E-state index contributed by atoms with van der Waals surface area (Å²) >= 11 is 0. The minimum atomic E-state index is 0.607. The maximum absolute atomic E-state index is 6.34. The number of nitrogens with zero attached hydrogens (tertiary/aromatic N) is 1. The first kappa shape index (κ1) is 18.0. The molecule has 0 aliphatic heterocycles. The Hall–Kier alpha value is -3.85. The number of aromatic nitrogens is 1. The molecule has 1 aromatic heterocycles. The highest BCUT2D eigenvalue weighted by Gasteiger charge is 2.19. The smallest absolute Gasteiger partial charge is 0.168 e. The molecule has 3 nitrogen and oxygen atoms in total. The van der Waals surface area contributed by atoms with Crippen LogP contribution in [0.25, 0.3) is 54.3 Å². The van der Waals surface area contributed by atoms with Crippen LogP contribution in [0.15, 0.2) is 79.0 Å². The number of benzene rings is 5. The fourth-order valence-corrected chi connectivity index (χ4v) is 4.87. The molecule has 0 aliphatic rings. The number of fused-ring (bicyclic) bond motifs is 2. The van der Waals surface area contributed by atoms with Gasteiger partial charge < -0.3 is 10.5 Å². The molecule has 150 valence electrons. The van der Waals surface area contributed by atoms with E-state index in [1.54, 1.807) is 6.20 Å². The molecule has 6 rings (SSSR count). The zero-order chi connectivity index (χ0) is 20.9. The number of nitrogen functional groups attached to an aromatic ring is 1. The first-order valence-corrected chi connectivity index (χ1v) is 10.7. The fraction of sp³-hybridized carbons (Fsp3) is 0.107. The Morgan fingerprint density at radius 2 is 1.42 bits per heavy atom. The normalized spacial score (nSPS) is 11.8. The molecule has 0 bridgehead atoms. The molecule has 2 N–H and O–H groups in total. The summed E-state index contributed by atoms with van der Waals surface area (Å²) in [5, 5.41) is 10.0. The minimum Gasteiger partial charge on any atom is -0.489 e. The number of pyridine rings is 1. The minimum absolute atomic E-state index is 0.607. The molecular weight excluding hydrogens is 380 g/mol. The third kappa shape index (κ3) is 2.56. The van der Waals surface area contributed by atoms with E-state index in [9.17, 15) is 0 Å². The molecule has 0 fully saturated rings. The van der Waals surface area contributed by atoms with Crippen molar-refractivity contribution < 1.29 is 4.74 Å². The molecule has 0 radical (unpaired) electrons.